The molecule has 212 valence electrons. The summed E-state index contributed by atoms with van der Waals surface area (Å²) in [7, 11) is -1.88. The van der Waals surface area contributed by atoms with Crippen molar-refractivity contribution in [1.29, 1.82) is 0 Å². The number of carbonyl (C=O) groups is 1. The Morgan fingerprint density at radius 3 is 2.33 bits per heavy atom. The molecule has 0 saturated carbocycles. The molecule has 4 rings (SSSR count). The highest BCUT2D eigenvalue weighted by molar-refractivity contribution is 7.89. The molecule has 0 spiro atoms. The Morgan fingerprint density at radius 1 is 1.05 bits per heavy atom. The molecule has 0 radical (unpaired) electrons. The van der Waals surface area contributed by atoms with Crippen LogP contribution in [0.4, 0.5) is 5.13 Å². The number of fused-ring (bicyclic) bond motifs is 1. The molecule has 3 aromatic rings. The van der Waals surface area contributed by atoms with Gasteiger partial charge in [0.25, 0.3) is 5.91 Å². The number of amides is 1. The first-order chi connectivity index (χ1) is 18.8. The van der Waals surface area contributed by atoms with Crippen molar-refractivity contribution in [2.24, 2.45) is 0 Å². The van der Waals surface area contributed by atoms with Gasteiger partial charge in [0.2, 0.25) is 10.0 Å². The third kappa shape index (κ3) is 6.71. The van der Waals surface area contributed by atoms with Crippen molar-refractivity contribution in [1.82, 2.24) is 19.5 Å². The van der Waals surface area contributed by atoms with E-state index in [1.807, 2.05) is 19.9 Å². The number of hydrogen-bond donors (Lipinski definition) is 1. The van der Waals surface area contributed by atoms with Crippen LogP contribution in [0, 0.1) is 6.92 Å². The first-order valence-electron chi connectivity index (χ1n) is 13.6. The maximum atomic E-state index is 13.0. The zero-order valence-corrected chi connectivity index (χ0v) is 24.9. The Kier molecular flexibility index (Phi) is 9.81. The van der Waals surface area contributed by atoms with E-state index in [0.717, 1.165) is 62.0 Å². The van der Waals surface area contributed by atoms with Crippen LogP contribution in [0.3, 0.4) is 0 Å². The van der Waals surface area contributed by atoms with Crippen LogP contribution >= 0.6 is 11.3 Å². The number of rotatable bonds is 12. The van der Waals surface area contributed by atoms with E-state index in [-0.39, 0.29) is 10.8 Å². The SMILES string of the molecule is CCCN(CCC)S(=O)(=O)c1ccc(C(=O)NCCN2CCN(c3nc4c(OC)ccc(C)c4s3)CC2)cc1. The molecule has 1 fully saturated rings. The van der Waals surface area contributed by atoms with Crippen molar-refractivity contribution in [3.8, 4) is 5.75 Å². The smallest absolute Gasteiger partial charge is 0.251 e. The van der Waals surface area contributed by atoms with Crippen molar-refractivity contribution in [3.05, 3.63) is 47.5 Å². The molecule has 1 saturated heterocycles. The summed E-state index contributed by atoms with van der Waals surface area (Å²) >= 11 is 1.71. The zero-order valence-electron chi connectivity index (χ0n) is 23.3. The highest BCUT2D eigenvalue weighted by Crippen LogP contribution is 2.36. The van der Waals surface area contributed by atoms with Crippen LogP contribution in [0.25, 0.3) is 10.2 Å². The molecule has 1 aliphatic rings. The number of anilines is 1. The summed E-state index contributed by atoms with van der Waals surface area (Å²) in [5.74, 6) is 0.606. The van der Waals surface area contributed by atoms with Crippen LogP contribution in [0.5, 0.6) is 5.75 Å². The third-order valence-corrected chi connectivity index (χ3v) is 10.1. The number of carbonyl (C=O) groups excluding carboxylic acids is 1. The van der Waals surface area contributed by atoms with Crippen molar-refractivity contribution in [2.75, 3.05) is 64.4 Å². The Bertz CT molecular complexity index is 1360. The lowest BCUT2D eigenvalue weighted by Crippen LogP contribution is -2.48. The normalized spacial score (nSPS) is 14.7. The molecule has 0 bridgehead atoms. The highest BCUT2D eigenvalue weighted by atomic mass is 32.2. The van der Waals surface area contributed by atoms with Crippen molar-refractivity contribution >= 4 is 42.6 Å². The van der Waals surface area contributed by atoms with Gasteiger partial charge in [-0.25, -0.2) is 13.4 Å². The van der Waals surface area contributed by atoms with Crippen LogP contribution in [-0.2, 0) is 10.0 Å². The quantitative estimate of drug-likeness (QED) is 0.350. The van der Waals surface area contributed by atoms with Crippen molar-refractivity contribution in [2.45, 2.75) is 38.5 Å². The monoisotopic (exact) mass is 573 g/mol. The number of nitrogens with zero attached hydrogens (tertiary/aromatic N) is 4. The molecule has 11 heteroatoms. The van der Waals surface area contributed by atoms with Crippen molar-refractivity contribution in [3.63, 3.8) is 0 Å². The van der Waals surface area contributed by atoms with Gasteiger partial charge in [0, 0.05) is 57.9 Å². The molecule has 0 atom stereocenters. The number of aryl methyl sites for hydroxylation is 1. The Labute approximate surface area is 235 Å². The lowest BCUT2D eigenvalue weighted by molar-refractivity contribution is 0.0947. The number of benzene rings is 2. The fourth-order valence-electron chi connectivity index (χ4n) is 4.77. The van der Waals surface area contributed by atoms with E-state index in [2.05, 4.69) is 28.1 Å². The Hall–Kier alpha value is -2.73. The average molecular weight is 574 g/mol. The summed E-state index contributed by atoms with van der Waals surface area (Å²) in [6.07, 6.45) is 1.51. The van der Waals surface area contributed by atoms with Gasteiger partial charge in [-0.05, 0) is 55.7 Å². The Morgan fingerprint density at radius 2 is 1.72 bits per heavy atom. The molecule has 39 heavy (non-hydrogen) atoms. The van der Waals surface area contributed by atoms with E-state index in [1.165, 1.54) is 26.7 Å². The van der Waals surface area contributed by atoms with Gasteiger partial charge in [-0.1, -0.05) is 31.3 Å². The number of ether oxygens (including phenoxy) is 1. The first kappa shape index (κ1) is 29.3. The van der Waals surface area contributed by atoms with Crippen LogP contribution in [0.1, 0.15) is 42.6 Å². The maximum Gasteiger partial charge on any atom is 0.251 e. The van der Waals surface area contributed by atoms with Crippen molar-refractivity contribution < 1.29 is 17.9 Å². The first-order valence-corrected chi connectivity index (χ1v) is 15.8. The van der Waals surface area contributed by atoms with Gasteiger partial charge in [-0.2, -0.15) is 4.31 Å². The van der Waals surface area contributed by atoms with Gasteiger partial charge in [-0.15, -0.1) is 0 Å². The predicted octanol–water partition coefficient (Wildman–Crippen LogP) is 3.98. The van der Waals surface area contributed by atoms with E-state index in [0.29, 0.717) is 25.2 Å². The summed E-state index contributed by atoms with van der Waals surface area (Å²) in [6.45, 7) is 11.8. The number of hydrogen-bond acceptors (Lipinski definition) is 8. The molecule has 1 N–H and O–H groups in total. The number of aromatic nitrogens is 1. The lowest BCUT2D eigenvalue weighted by Gasteiger charge is -2.34. The van der Waals surface area contributed by atoms with Crippen LogP contribution in [-0.4, -0.2) is 88.0 Å². The summed E-state index contributed by atoms with van der Waals surface area (Å²) in [4.78, 5) is 22.4. The van der Waals surface area contributed by atoms with Gasteiger partial charge >= 0.3 is 0 Å². The standard InChI is InChI=1S/C28H39N5O4S2/c1-5-14-33(15-6-2)39(35,36)23-10-8-22(9-11-23)27(34)29-13-16-31-17-19-32(20-18-31)28-30-25-24(37-4)12-7-21(3)26(25)38-28/h7-12H,5-6,13-20H2,1-4H3,(H,29,34). The maximum absolute atomic E-state index is 13.0. The number of methoxy groups -OCH3 is 1. The van der Waals surface area contributed by atoms with E-state index < -0.39 is 10.0 Å². The molecule has 1 aromatic heterocycles. The second-order valence-electron chi connectivity index (χ2n) is 9.77. The molecule has 0 unspecified atom stereocenters. The summed E-state index contributed by atoms with van der Waals surface area (Å²) in [5.41, 5.74) is 2.58. The van der Waals surface area contributed by atoms with Crippen LogP contribution in [0.15, 0.2) is 41.3 Å². The Balaban J connectivity index is 1.26. The van der Waals surface area contributed by atoms with E-state index in [4.69, 9.17) is 9.72 Å². The minimum absolute atomic E-state index is 0.199. The van der Waals surface area contributed by atoms with E-state index in [9.17, 15) is 13.2 Å². The molecule has 2 aromatic carbocycles. The van der Waals surface area contributed by atoms with Gasteiger partial charge in [0.1, 0.15) is 11.3 Å². The van der Waals surface area contributed by atoms with Gasteiger partial charge in [0.05, 0.1) is 16.7 Å². The van der Waals surface area contributed by atoms with Crippen LogP contribution in [0.2, 0.25) is 0 Å². The van der Waals surface area contributed by atoms with E-state index in [1.54, 1.807) is 30.6 Å². The third-order valence-electron chi connectivity index (χ3n) is 6.97. The highest BCUT2D eigenvalue weighted by Gasteiger charge is 2.24. The van der Waals surface area contributed by atoms with Gasteiger partial charge in [0.15, 0.2) is 5.13 Å². The molecule has 0 aliphatic carbocycles. The number of sulfonamides is 1. The van der Waals surface area contributed by atoms with E-state index >= 15 is 0 Å². The molecule has 1 amide bonds. The fourth-order valence-corrected chi connectivity index (χ4v) is 7.50. The zero-order chi connectivity index (χ0) is 28.0. The minimum Gasteiger partial charge on any atom is -0.494 e. The summed E-state index contributed by atoms with van der Waals surface area (Å²) < 4.78 is 34.1. The predicted molar refractivity (Wildman–Crippen MR) is 158 cm³/mol. The minimum atomic E-state index is -3.56. The number of nitrogens with one attached hydrogen (secondary N) is 1. The average Bonchev–Trinajstić information content (AvgIpc) is 3.40. The summed E-state index contributed by atoms with van der Waals surface area (Å²) in [5, 5.41) is 3.99. The van der Waals surface area contributed by atoms with Gasteiger partial charge < -0.3 is 15.0 Å². The van der Waals surface area contributed by atoms with Crippen LogP contribution < -0.4 is 15.0 Å². The topological polar surface area (TPSA) is 95.1 Å². The molecule has 1 aliphatic heterocycles. The number of piperazine rings is 1. The molecule has 9 nitrogen and oxygen atoms in total. The van der Waals surface area contributed by atoms with Gasteiger partial charge in [-0.3, -0.25) is 9.69 Å². The molecular formula is C28H39N5O4S2. The molecule has 2 heterocycles. The summed E-state index contributed by atoms with van der Waals surface area (Å²) in [6, 6.07) is 10.3. The fraction of sp³-hybridized carbons (Fsp3) is 0.500. The second-order valence-corrected chi connectivity index (χ2v) is 12.7. The number of thiazole rings is 1. The second kappa shape index (κ2) is 13.1. The lowest BCUT2D eigenvalue weighted by atomic mass is 10.2. The molecular weight excluding hydrogens is 534 g/mol. The largest absolute Gasteiger partial charge is 0.494 e.